The highest BCUT2D eigenvalue weighted by atomic mass is 16.5. The van der Waals surface area contributed by atoms with Gasteiger partial charge in [-0.3, -0.25) is 9.59 Å². The van der Waals surface area contributed by atoms with Crippen molar-refractivity contribution in [2.24, 2.45) is 46.3 Å². The largest absolute Gasteiger partial charge is 0.462 e. The monoisotopic (exact) mass is 457 g/mol. The molecular formula is C29H47NO3. The van der Waals surface area contributed by atoms with Gasteiger partial charge in [-0.25, -0.2) is 0 Å². The summed E-state index contributed by atoms with van der Waals surface area (Å²) >= 11 is 0. The van der Waals surface area contributed by atoms with Crippen molar-refractivity contribution >= 4 is 11.8 Å². The maximum atomic E-state index is 12.9. The summed E-state index contributed by atoms with van der Waals surface area (Å²) < 4.78 is 6.24. The Balaban J connectivity index is 1.19. The first-order valence-electron chi connectivity index (χ1n) is 14.1. The molecule has 5 rings (SSSR count). The van der Waals surface area contributed by atoms with Crippen LogP contribution in [0.25, 0.3) is 0 Å². The molecule has 1 heterocycles. The van der Waals surface area contributed by atoms with Crippen LogP contribution >= 0.6 is 0 Å². The second kappa shape index (κ2) is 8.95. The zero-order valence-electron chi connectivity index (χ0n) is 21.6. The fourth-order valence-corrected chi connectivity index (χ4v) is 9.63. The number of hydrogen-bond donors (Lipinski definition) is 0. The Morgan fingerprint density at radius 2 is 1.70 bits per heavy atom. The first-order chi connectivity index (χ1) is 15.7. The van der Waals surface area contributed by atoms with Gasteiger partial charge in [0.1, 0.15) is 11.9 Å². The molecule has 0 aromatic carbocycles. The van der Waals surface area contributed by atoms with E-state index in [0.717, 1.165) is 69.0 Å². The average Bonchev–Trinajstić information content (AvgIpc) is 3.08. The molecule has 186 valence electrons. The smallest absolute Gasteiger partial charge is 0.307 e. The number of nitrogens with zero attached hydrogens (tertiary/aromatic N) is 1. The Bertz CT molecular complexity index is 756. The van der Waals surface area contributed by atoms with Crippen LogP contribution in [0.2, 0.25) is 0 Å². The van der Waals surface area contributed by atoms with Crippen LogP contribution in [-0.4, -0.2) is 42.4 Å². The lowest BCUT2D eigenvalue weighted by Gasteiger charge is -2.60. The summed E-state index contributed by atoms with van der Waals surface area (Å²) in [5, 5.41) is 0. The number of carbonyl (C=O) groups excluding carboxylic acids is 2. The van der Waals surface area contributed by atoms with Gasteiger partial charge in [0.05, 0.1) is 6.42 Å². The van der Waals surface area contributed by atoms with Gasteiger partial charge < -0.3 is 9.64 Å². The molecular weight excluding hydrogens is 410 g/mol. The van der Waals surface area contributed by atoms with Crippen LogP contribution in [0.4, 0.5) is 0 Å². The van der Waals surface area contributed by atoms with Crippen LogP contribution in [0.15, 0.2) is 0 Å². The predicted molar refractivity (Wildman–Crippen MR) is 131 cm³/mol. The highest BCUT2D eigenvalue weighted by molar-refractivity contribution is 5.79. The number of hydrogen-bond acceptors (Lipinski definition) is 4. The van der Waals surface area contributed by atoms with Crippen LogP contribution in [-0.2, 0) is 14.3 Å². The van der Waals surface area contributed by atoms with Crippen molar-refractivity contribution in [3.05, 3.63) is 0 Å². The molecule has 0 aromatic rings. The molecule has 5 aliphatic rings. The summed E-state index contributed by atoms with van der Waals surface area (Å²) in [6, 6.07) is 0. The fourth-order valence-electron chi connectivity index (χ4n) is 9.63. The van der Waals surface area contributed by atoms with Crippen LogP contribution in [0.5, 0.6) is 0 Å². The molecule has 0 aromatic heterocycles. The summed E-state index contributed by atoms with van der Waals surface area (Å²) in [6.45, 7) is 12.7. The Morgan fingerprint density at radius 3 is 2.45 bits per heavy atom. The summed E-state index contributed by atoms with van der Waals surface area (Å²) in [5.74, 6) is 4.81. The van der Waals surface area contributed by atoms with Crippen LogP contribution in [0.3, 0.4) is 0 Å². The number of ketones is 1. The number of likely N-dealkylation sites (tertiary alicyclic amines) is 1. The molecule has 4 heteroatoms. The van der Waals surface area contributed by atoms with Gasteiger partial charge >= 0.3 is 5.97 Å². The van der Waals surface area contributed by atoms with Gasteiger partial charge in [-0.15, -0.1) is 0 Å². The molecule has 1 aliphatic heterocycles. The fraction of sp³-hybridized carbons (Fsp3) is 0.931. The zero-order valence-corrected chi connectivity index (χ0v) is 21.6. The summed E-state index contributed by atoms with van der Waals surface area (Å²) in [6.07, 6.45) is 11.9. The normalized spacial score (nSPS) is 48.0. The van der Waals surface area contributed by atoms with E-state index in [2.05, 4.69) is 32.6 Å². The zero-order chi connectivity index (χ0) is 23.4. The van der Waals surface area contributed by atoms with Crippen LogP contribution in [0.1, 0.15) is 98.3 Å². The van der Waals surface area contributed by atoms with Gasteiger partial charge in [0.25, 0.3) is 0 Å². The van der Waals surface area contributed by atoms with Crippen molar-refractivity contribution in [3.63, 3.8) is 0 Å². The summed E-state index contributed by atoms with van der Waals surface area (Å²) in [7, 11) is 0. The van der Waals surface area contributed by atoms with E-state index in [1.807, 2.05) is 0 Å². The molecule has 4 aliphatic carbocycles. The molecule has 1 saturated heterocycles. The summed E-state index contributed by atoms with van der Waals surface area (Å²) in [5.41, 5.74) is 0.508. The van der Waals surface area contributed by atoms with Crippen LogP contribution in [0, 0.1) is 46.3 Å². The lowest BCUT2D eigenvalue weighted by atomic mass is 9.45. The Kier molecular flexibility index (Phi) is 6.46. The molecule has 9 unspecified atom stereocenters. The van der Waals surface area contributed by atoms with E-state index < -0.39 is 0 Å². The van der Waals surface area contributed by atoms with Gasteiger partial charge in [-0.1, -0.05) is 27.7 Å². The minimum absolute atomic E-state index is 0.0244. The standard InChI is InChI=1S/C29H47NO3/c1-19-15-20(2)18-30(17-19)14-11-27(32)33-26-8-7-24-23-6-5-21-16-22(31)9-12-28(21,3)25(23)10-13-29(24,26)4/h19-21,23-26H,5-18H2,1-4H3. The number of piperidine rings is 1. The number of carbonyl (C=O) groups is 2. The quantitative estimate of drug-likeness (QED) is 0.495. The molecule has 9 atom stereocenters. The third kappa shape index (κ3) is 4.32. The van der Waals surface area contributed by atoms with Crippen molar-refractivity contribution < 1.29 is 14.3 Å². The topological polar surface area (TPSA) is 46.6 Å². The van der Waals surface area contributed by atoms with Crippen molar-refractivity contribution in [2.45, 2.75) is 104 Å². The minimum atomic E-state index is 0.0244. The predicted octanol–water partition coefficient (Wildman–Crippen LogP) is 5.88. The number of rotatable bonds is 4. The second-order valence-corrected chi connectivity index (χ2v) is 13.5. The lowest BCUT2D eigenvalue weighted by Crippen LogP contribution is -2.54. The first kappa shape index (κ1) is 23.8. The van der Waals surface area contributed by atoms with Crippen molar-refractivity contribution in [1.82, 2.24) is 4.90 Å². The number of fused-ring (bicyclic) bond motifs is 5. The maximum Gasteiger partial charge on any atom is 0.307 e. The van der Waals surface area contributed by atoms with Gasteiger partial charge in [0.15, 0.2) is 0 Å². The molecule has 0 radical (unpaired) electrons. The highest BCUT2D eigenvalue weighted by Gasteiger charge is 2.61. The van der Waals surface area contributed by atoms with E-state index in [1.54, 1.807) is 0 Å². The highest BCUT2D eigenvalue weighted by Crippen LogP contribution is 2.66. The molecule has 0 N–H and O–H groups in total. The summed E-state index contributed by atoms with van der Waals surface area (Å²) in [4.78, 5) is 27.5. The van der Waals surface area contributed by atoms with E-state index in [1.165, 1.54) is 38.5 Å². The van der Waals surface area contributed by atoms with Gasteiger partial charge in [-0.05, 0) is 92.3 Å². The minimum Gasteiger partial charge on any atom is -0.462 e. The maximum absolute atomic E-state index is 12.9. The van der Waals surface area contributed by atoms with Gasteiger partial charge in [-0.2, -0.15) is 0 Å². The Morgan fingerprint density at radius 1 is 0.970 bits per heavy atom. The second-order valence-electron chi connectivity index (χ2n) is 13.5. The van der Waals surface area contributed by atoms with Gasteiger partial charge in [0.2, 0.25) is 0 Å². The Labute approximate surface area is 201 Å². The van der Waals surface area contributed by atoms with E-state index in [4.69, 9.17) is 4.74 Å². The number of Topliss-reactive ketones (excluding diaryl/α,β-unsaturated/α-hetero) is 1. The molecule has 0 amide bonds. The first-order valence-corrected chi connectivity index (χ1v) is 14.1. The third-order valence-corrected chi connectivity index (χ3v) is 11.2. The third-order valence-electron chi connectivity index (χ3n) is 11.2. The molecule has 33 heavy (non-hydrogen) atoms. The van der Waals surface area contributed by atoms with Gasteiger partial charge in [0, 0.05) is 37.9 Å². The van der Waals surface area contributed by atoms with E-state index in [-0.39, 0.29) is 17.5 Å². The molecule has 0 spiro atoms. The van der Waals surface area contributed by atoms with Crippen LogP contribution < -0.4 is 0 Å². The average molecular weight is 458 g/mol. The number of esters is 1. The van der Waals surface area contributed by atoms with Crippen molar-refractivity contribution in [1.29, 1.82) is 0 Å². The molecule has 4 saturated carbocycles. The van der Waals surface area contributed by atoms with Crippen molar-refractivity contribution in [3.8, 4) is 0 Å². The van der Waals surface area contributed by atoms with E-state index >= 15 is 0 Å². The molecule has 4 nitrogen and oxygen atoms in total. The Hall–Kier alpha value is -0.900. The van der Waals surface area contributed by atoms with E-state index in [0.29, 0.717) is 29.5 Å². The lowest BCUT2D eigenvalue weighted by molar-refractivity contribution is -0.164. The molecule has 0 bridgehead atoms. The molecule has 5 fully saturated rings. The number of ether oxygens (including phenoxy) is 1. The van der Waals surface area contributed by atoms with E-state index in [9.17, 15) is 9.59 Å². The SMILES string of the molecule is CC1CC(C)CN(CCC(=O)OC2CCC3C4CCC5CC(=O)CCC5(C)C4CCC23C)C1. The van der Waals surface area contributed by atoms with Crippen molar-refractivity contribution in [2.75, 3.05) is 19.6 Å².